The molecule has 0 saturated carbocycles. The molecule has 0 radical (unpaired) electrons. The standard InChI is InChI=1S/C23H28N2O2/c26-17-19-7-5-18(6-8-19)13-20-9-12-25(14-20)23(27)10-11-24-15-21-3-1-2-4-22(21)16-24/h1-8,20,26H,9-17H2. The van der Waals surface area contributed by atoms with E-state index in [0.29, 0.717) is 18.2 Å². The van der Waals surface area contributed by atoms with Crippen molar-refractivity contribution in [3.05, 3.63) is 70.8 Å². The summed E-state index contributed by atoms with van der Waals surface area (Å²) in [5.74, 6) is 0.842. The molecule has 2 aromatic rings. The molecule has 1 unspecified atom stereocenters. The lowest BCUT2D eigenvalue weighted by atomic mass is 9.98. The number of rotatable bonds is 6. The van der Waals surface area contributed by atoms with Crippen molar-refractivity contribution in [1.29, 1.82) is 0 Å². The smallest absolute Gasteiger partial charge is 0.223 e. The van der Waals surface area contributed by atoms with E-state index in [1.165, 1.54) is 16.7 Å². The zero-order valence-corrected chi connectivity index (χ0v) is 15.8. The lowest BCUT2D eigenvalue weighted by Crippen LogP contribution is -2.32. The molecule has 0 spiro atoms. The Balaban J connectivity index is 1.22. The Labute approximate surface area is 161 Å². The minimum atomic E-state index is 0.0914. The maximum Gasteiger partial charge on any atom is 0.223 e. The van der Waals surface area contributed by atoms with Crippen LogP contribution in [0.25, 0.3) is 0 Å². The van der Waals surface area contributed by atoms with Gasteiger partial charge in [0, 0.05) is 39.1 Å². The van der Waals surface area contributed by atoms with E-state index in [2.05, 4.69) is 46.2 Å². The molecule has 1 fully saturated rings. The fourth-order valence-electron chi connectivity index (χ4n) is 4.31. The molecular weight excluding hydrogens is 336 g/mol. The first-order valence-electron chi connectivity index (χ1n) is 9.97. The highest BCUT2D eigenvalue weighted by atomic mass is 16.3. The molecule has 2 heterocycles. The maximum atomic E-state index is 12.6. The van der Waals surface area contributed by atoms with Gasteiger partial charge in [-0.05, 0) is 41.0 Å². The Morgan fingerprint density at radius 2 is 1.67 bits per heavy atom. The second-order valence-electron chi connectivity index (χ2n) is 7.90. The topological polar surface area (TPSA) is 43.8 Å². The van der Waals surface area contributed by atoms with Crippen LogP contribution in [0, 0.1) is 5.92 Å². The number of benzene rings is 2. The first kappa shape index (κ1) is 18.2. The summed E-state index contributed by atoms with van der Waals surface area (Å²) in [6.07, 6.45) is 2.71. The Kier molecular flexibility index (Phi) is 5.55. The molecule has 0 aliphatic carbocycles. The summed E-state index contributed by atoms with van der Waals surface area (Å²) in [4.78, 5) is 17.1. The molecule has 2 aliphatic rings. The number of carbonyl (C=O) groups excluding carboxylic acids is 1. The molecule has 0 bridgehead atoms. The fraction of sp³-hybridized carbons (Fsp3) is 0.435. The summed E-state index contributed by atoms with van der Waals surface area (Å²) >= 11 is 0. The Morgan fingerprint density at radius 1 is 1.00 bits per heavy atom. The normalized spacial score (nSPS) is 19.4. The third-order valence-electron chi connectivity index (χ3n) is 5.92. The van der Waals surface area contributed by atoms with Crippen LogP contribution in [0.1, 0.15) is 35.1 Å². The van der Waals surface area contributed by atoms with Crippen LogP contribution in [0.5, 0.6) is 0 Å². The molecule has 27 heavy (non-hydrogen) atoms. The van der Waals surface area contributed by atoms with Crippen molar-refractivity contribution < 1.29 is 9.90 Å². The molecule has 1 N–H and O–H groups in total. The Bertz CT molecular complexity index is 762. The van der Waals surface area contributed by atoms with Crippen LogP contribution in [-0.2, 0) is 30.9 Å². The van der Waals surface area contributed by atoms with Gasteiger partial charge in [0.2, 0.25) is 5.91 Å². The quantitative estimate of drug-likeness (QED) is 0.857. The van der Waals surface area contributed by atoms with Crippen LogP contribution in [0.15, 0.2) is 48.5 Å². The van der Waals surface area contributed by atoms with Crippen molar-refractivity contribution >= 4 is 5.91 Å². The van der Waals surface area contributed by atoms with E-state index in [0.717, 1.165) is 51.1 Å². The number of aliphatic hydroxyl groups is 1. The molecule has 1 saturated heterocycles. The molecule has 1 amide bonds. The predicted octanol–water partition coefficient (Wildman–Crippen LogP) is 2.98. The average Bonchev–Trinajstić information content (AvgIpc) is 3.33. The van der Waals surface area contributed by atoms with Crippen molar-refractivity contribution in [2.24, 2.45) is 5.92 Å². The van der Waals surface area contributed by atoms with Gasteiger partial charge >= 0.3 is 0 Å². The van der Waals surface area contributed by atoms with Gasteiger partial charge in [-0.15, -0.1) is 0 Å². The van der Waals surface area contributed by atoms with Crippen molar-refractivity contribution in [2.75, 3.05) is 19.6 Å². The van der Waals surface area contributed by atoms with Gasteiger partial charge in [-0.2, -0.15) is 0 Å². The second kappa shape index (κ2) is 8.24. The molecule has 2 aliphatic heterocycles. The van der Waals surface area contributed by atoms with Gasteiger partial charge in [-0.1, -0.05) is 48.5 Å². The highest BCUT2D eigenvalue weighted by molar-refractivity contribution is 5.76. The first-order valence-corrected chi connectivity index (χ1v) is 9.97. The second-order valence-corrected chi connectivity index (χ2v) is 7.90. The molecule has 4 heteroatoms. The van der Waals surface area contributed by atoms with E-state index >= 15 is 0 Å². The number of carbonyl (C=O) groups is 1. The number of nitrogens with zero attached hydrogens (tertiary/aromatic N) is 2. The Hall–Kier alpha value is -2.17. The van der Waals surface area contributed by atoms with Crippen LogP contribution in [-0.4, -0.2) is 40.4 Å². The molecule has 0 aromatic heterocycles. The van der Waals surface area contributed by atoms with Crippen molar-refractivity contribution in [3.63, 3.8) is 0 Å². The summed E-state index contributed by atoms with van der Waals surface area (Å²) < 4.78 is 0. The SMILES string of the molecule is O=C(CCN1Cc2ccccc2C1)N1CCC(Cc2ccc(CO)cc2)C1. The zero-order valence-electron chi connectivity index (χ0n) is 15.8. The van der Waals surface area contributed by atoms with Crippen molar-refractivity contribution in [3.8, 4) is 0 Å². The van der Waals surface area contributed by atoms with Gasteiger partial charge in [0.25, 0.3) is 0 Å². The lowest BCUT2D eigenvalue weighted by Gasteiger charge is -2.19. The van der Waals surface area contributed by atoms with Crippen molar-refractivity contribution in [1.82, 2.24) is 9.80 Å². The number of hydrogen-bond donors (Lipinski definition) is 1. The third-order valence-corrected chi connectivity index (χ3v) is 5.92. The average molecular weight is 364 g/mol. The summed E-state index contributed by atoms with van der Waals surface area (Å²) in [6, 6.07) is 16.7. The van der Waals surface area contributed by atoms with Crippen LogP contribution < -0.4 is 0 Å². The lowest BCUT2D eigenvalue weighted by molar-refractivity contribution is -0.130. The van der Waals surface area contributed by atoms with Gasteiger partial charge in [0.05, 0.1) is 6.61 Å². The summed E-state index contributed by atoms with van der Waals surface area (Å²) in [6.45, 7) is 4.64. The minimum Gasteiger partial charge on any atom is -0.392 e. The highest BCUT2D eigenvalue weighted by Crippen LogP contribution is 2.24. The fourth-order valence-corrected chi connectivity index (χ4v) is 4.31. The molecular formula is C23H28N2O2. The Morgan fingerprint density at radius 3 is 2.33 bits per heavy atom. The highest BCUT2D eigenvalue weighted by Gasteiger charge is 2.27. The number of aliphatic hydroxyl groups excluding tert-OH is 1. The molecule has 142 valence electrons. The van der Waals surface area contributed by atoms with E-state index in [4.69, 9.17) is 5.11 Å². The van der Waals surface area contributed by atoms with E-state index < -0.39 is 0 Å². The molecule has 4 rings (SSSR count). The van der Waals surface area contributed by atoms with Gasteiger partial charge < -0.3 is 10.0 Å². The largest absolute Gasteiger partial charge is 0.392 e. The number of amides is 1. The number of hydrogen-bond acceptors (Lipinski definition) is 3. The van der Waals surface area contributed by atoms with Crippen LogP contribution >= 0.6 is 0 Å². The van der Waals surface area contributed by atoms with Gasteiger partial charge in [-0.25, -0.2) is 0 Å². The van der Waals surface area contributed by atoms with Crippen LogP contribution in [0.2, 0.25) is 0 Å². The van der Waals surface area contributed by atoms with E-state index in [-0.39, 0.29) is 6.61 Å². The maximum absolute atomic E-state index is 12.6. The number of fused-ring (bicyclic) bond motifs is 1. The van der Waals surface area contributed by atoms with Gasteiger partial charge in [0.1, 0.15) is 0 Å². The van der Waals surface area contributed by atoms with Gasteiger partial charge in [0.15, 0.2) is 0 Å². The van der Waals surface area contributed by atoms with E-state index in [1.807, 2.05) is 12.1 Å². The molecule has 4 nitrogen and oxygen atoms in total. The van der Waals surface area contributed by atoms with Crippen LogP contribution in [0.4, 0.5) is 0 Å². The summed E-state index contributed by atoms with van der Waals surface area (Å²) in [5, 5.41) is 9.14. The minimum absolute atomic E-state index is 0.0914. The summed E-state index contributed by atoms with van der Waals surface area (Å²) in [7, 11) is 0. The van der Waals surface area contributed by atoms with E-state index in [9.17, 15) is 4.79 Å². The zero-order chi connectivity index (χ0) is 18.6. The molecule has 2 aromatic carbocycles. The van der Waals surface area contributed by atoms with Gasteiger partial charge in [-0.3, -0.25) is 9.69 Å². The number of likely N-dealkylation sites (tertiary alicyclic amines) is 1. The monoisotopic (exact) mass is 364 g/mol. The van der Waals surface area contributed by atoms with Crippen LogP contribution in [0.3, 0.4) is 0 Å². The van der Waals surface area contributed by atoms with Crippen molar-refractivity contribution in [2.45, 2.75) is 39.0 Å². The predicted molar refractivity (Wildman–Crippen MR) is 106 cm³/mol. The summed E-state index contributed by atoms with van der Waals surface area (Å²) in [5.41, 5.74) is 5.05. The third kappa shape index (κ3) is 4.40. The molecule has 1 atom stereocenters. The van der Waals surface area contributed by atoms with E-state index in [1.54, 1.807) is 0 Å². The first-order chi connectivity index (χ1) is 13.2.